The van der Waals surface area contributed by atoms with Crippen LogP contribution in [-0.2, 0) is 17.9 Å². The maximum Gasteiger partial charge on any atom is 0.222 e. The lowest BCUT2D eigenvalue weighted by atomic mass is 9.92. The van der Waals surface area contributed by atoms with Crippen LogP contribution >= 0.6 is 0 Å². The van der Waals surface area contributed by atoms with Crippen LogP contribution in [0.3, 0.4) is 0 Å². The summed E-state index contributed by atoms with van der Waals surface area (Å²) in [6.07, 6.45) is 4.19. The fourth-order valence-corrected chi connectivity index (χ4v) is 5.00. The predicted octanol–water partition coefficient (Wildman–Crippen LogP) is 4.03. The van der Waals surface area contributed by atoms with Crippen molar-refractivity contribution >= 4 is 5.91 Å². The Morgan fingerprint density at radius 3 is 2.28 bits per heavy atom. The summed E-state index contributed by atoms with van der Waals surface area (Å²) in [6.45, 7) is 7.88. The van der Waals surface area contributed by atoms with Gasteiger partial charge in [-0.25, -0.2) is 0 Å². The van der Waals surface area contributed by atoms with Gasteiger partial charge in [-0.05, 0) is 55.0 Å². The summed E-state index contributed by atoms with van der Waals surface area (Å²) in [5.74, 6) is 1.88. The van der Waals surface area contributed by atoms with Crippen molar-refractivity contribution in [2.45, 2.75) is 38.8 Å². The highest BCUT2D eigenvalue weighted by atomic mass is 16.5. The Morgan fingerprint density at radius 1 is 0.875 bits per heavy atom. The van der Waals surface area contributed by atoms with Gasteiger partial charge in [-0.15, -0.1) is 0 Å². The van der Waals surface area contributed by atoms with Crippen LogP contribution in [-0.4, -0.2) is 67.0 Å². The molecule has 2 aliphatic heterocycles. The molecule has 0 spiro atoms. The summed E-state index contributed by atoms with van der Waals surface area (Å²) >= 11 is 0. The summed E-state index contributed by atoms with van der Waals surface area (Å²) in [4.78, 5) is 19.9. The predicted molar refractivity (Wildman–Crippen MR) is 129 cm³/mol. The maximum atomic E-state index is 12.8. The second-order valence-electron chi connectivity index (χ2n) is 9.27. The summed E-state index contributed by atoms with van der Waals surface area (Å²) in [7, 11) is 1.70. The minimum absolute atomic E-state index is 0.344. The average molecular weight is 436 g/mol. The van der Waals surface area contributed by atoms with Gasteiger partial charge >= 0.3 is 0 Å². The van der Waals surface area contributed by atoms with Crippen molar-refractivity contribution in [2.24, 2.45) is 5.92 Å². The van der Waals surface area contributed by atoms with Gasteiger partial charge < -0.3 is 9.64 Å². The van der Waals surface area contributed by atoms with Crippen molar-refractivity contribution in [1.82, 2.24) is 14.7 Å². The molecule has 0 radical (unpaired) electrons. The van der Waals surface area contributed by atoms with E-state index >= 15 is 0 Å². The van der Waals surface area contributed by atoms with Crippen LogP contribution in [0.1, 0.15) is 36.8 Å². The molecular formula is C27H37N3O2. The van der Waals surface area contributed by atoms with Crippen molar-refractivity contribution in [3.63, 3.8) is 0 Å². The lowest BCUT2D eigenvalue weighted by molar-refractivity contribution is -0.133. The Kier molecular flexibility index (Phi) is 8.18. The number of piperazine rings is 1. The molecule has 2 saturated heterocycles. The molecule has 2 aliphatic rings. The molecule has 0 N–H and O–H groups in total. The van der Waals surface area contributed by atoms with Crippen LogP contribution in [0.15, 0.2) is 54.6 Å². The quantitative estimate of drug-likeness (QED) is 0.627. The van der Waals surface area contributed by atoms with Crippen LogP contribution < -0.4 is 4.74 Å². The van der Waals surface area contributed by atoms with E-state index in [1.165, 1.54) is 24.0 Å². The van der Waals surface area contributed by atoms with E-state index in [9.17, 15) is 4.79 Å². The van der Waals surface area contributed by atoms with Crippen molar-refractivity contribution in [3.8, 4) is 5.75 Å². The zero-order valence-corrected chi connectivity index (χ0v) is 19.4. The van der Waals surface area contributed by atoms with Crippen molar-refractivity contribution in [1.29, 1.82) is 0 Å². The first-order valence-electron chi connectivity index (χ1n) is 12.1. The average Bonchev–Trinajstić information content (AvgIpc) is 2.84. The highest BCUT2D eigenvalue weighted by Crippen LogP contribution is 2.24. The lowest BCUT2D eigenvalue weighted by Gasteiger charge is -2.36. The Morgan fingerprint density at radius 2 is 1.56 bits per heavy atom. The first kappa shape index (κ1) is 22.8. The van der Waals surface area contributed by atoms with Crippen LogP contribution in [0.4, 0.5) is 0 Å². The van der Waals surface area contributed by atoms with E-state index in [2.05, 4.69) is 57.2 Å². The van der Waals surface area contributed by atoms with Gasteiger partial charge in [-0.1, -0.05) is 42.5 Å². The molecule has 2 fully saturated rings. The fourth-order valence-electron chi connectivity index (χ4n) is 5.00. The first-order valence-corrected chi connectivity index (χ1v) is 12.1. The third-order valence-corrected chi connectivity index (χ3v) is 6.91. The van der Waals surface area contributed by atoms with Crippen molar-refractivity contribution in [3.05, 3.63) is 65.7 Å². The molecule has 5 heteroatoms. The number of likely N-dealkylation sites (tertiary alicyclic amines) is 1. The highest BCUT2D eigenvalue weighted by molar-refractivity contribution is 5.76. The smallest absolute Gasteiger partial charge is 0.222 e. The number of amides is 1. The number of carbonyl (C=O) groups is 1. The molecule has 4 rings (SSSR count). The summed E-state index contributed by atoms with van der Waals surface area (Å²) < 4.78 is 5.26. The number of nitrogens with zero attached hydrogens (tertiary/aromatic N) is 3. The second-order valence-corrected chi connectivity index (χ2v) is 9.27. The molecule has 0 aliphatic carbocycles. The normalized spacial score (nSPS) is 20.3. The Bertz CT molecular complexity index is 832. The third-order valence-electron chi connectivity index (χ3n) is 6.91. The Hall–Kier alpha value is -2.37. The monoisotopic (exact) mass is 435 g/mol. The van der Waals surface area contributed by atoms with E-state index in [0.29, 0.717) is 18.2 Å². The molecule has 5 nitrogen and oxygen atoms in total. The van der Waals surface area contributed by atoms with Gasteiger partial charge in [0.2, 0.25) is 5.91 Å². The molecule has 1 atom stereocenters. The SMILES string of the molecule is COc1ccc(CN2CCC[C@@H](CCC(=O)N3CCN(Cc4ccccc4)CC3)C2)cc1. The van der Waals surface area contributed by atoms with Crippen LogP contribution in [0.25, 0.3) is 0 Å². The Balaban J connectivity index is 1.17. The molecule has 0 bridgehead atoms. The van der Waals surface area contributed by atoms with Crippen LogP contribution in [0.2, 0.25) is 0 Å². The Labute approximate surface area is 193 Å². The molecule has 2 aromatic rings. The van der Waals surface area contributed by atoms with Gasteiger partial charge in [0.15, 0.2) is 0 Å². The third kappa shape index (κ3) is 6.57. The zero-order valence-electron chi connectivity index (χ0n) is 19.4. The number of methoxy groups -OCH3 is 1. The van der Waals surface area contributed by atoms with Gasteiger partial charge in [0.05, 0.1) is 7.11 Å². The van der Waals surface area contributed by atoms with Gasteiger partial charge in [0, 0.05) is 52.2 Å². The minimum atomic E-state index is 0.344. The van der Waals surface area contributed by atoms with Crippen LogP contribution in [0, 0.1) is 5.92 Å². The number of hydrogen-bond donors (Lipinski definition) is 0. The maximum absolute atomic E-state index is 12.8. The lowest BCUT2D eigenvalue weighted by Crippen LogP contribution is -2.48. The summed E-state index contributed by atoms with van der Waals surface area (Å²) in [5.41, 5.74) is 2.68. The summed E-state index contributed by atoms with van der Waals surface area (Å²) in [6, 6.07) is 19.0. The molecule has 2 aromatic carbocycles. The van der Waals surface area contributed by atoms with Gasteiger partial charge in [0.1, 0.15) is 5.75 Å². The first-order chi connectivity index (χ1) is 15.7. The van der Waals surface area contributed by atoms with Gasteiger partial charge in [-0.2, -0.15) is 0 Å². The topological polar surface area (TPSA) is 36.0 Å². The number of benzene rings is 2. The van der Waals surface area contributed by atoms with Gasteiger partial charge in [0.25, 0.3) is 0 Å². The molecule has 0 aromatic heterocycles. The van der Waals surface area contributed by atoms with Crippen molar-refractivity contribution < 1.29 is 9.53 Å². The molecule has 0 saturated carbocycles. The molecule has 172 valence electrons. The largest absolute Gasteiger partial charge is 0.497 e. The standard InChI is InChI=1S/C27H37N3O2/c1-32-26-12-9-25(10-13-26)22-29-15-5-8-24(21-29)11-14-27(31)30-18-16-28(17-19-30)20-23-6-3-2-4-7-23/h2-4,6-7,9-10,12-13,24H,5,8,11,14-22H2,1H3/t24-/m0/s1. The molecule has 2 heterocycles. The van der Waals surface area contributed by atoms with E-state index in [1.807, 2.05) is 12.1 Å². The van der Waals surface area contributed by atoms with Gasteiger partial charge in [-0.3, -0.25) is 14.6 Å². The number of piperidine rings is 1. The van der Waals surface area contributed by atoms with E-state index in [-0.39, 0.29) is 0 Å². The molecule has 32 heavy (non-hydrogen) atoms. The van der Waals surface area contributed by atoms with E-state index in [0.717, 1.165) is 64.5 Å². The van der Waals surface area contributed by atoms with Crippen molar-refractivity contribution in [2.75, 3.05) is 46.4 Å². The number of ether oxygens (including phenoxy) is 1. The summed E-state index contributed by atoms with van der Waals surface area (Å²) in [5, 5.41) is 0. The number of carbonyl (C=O) groups excluding carboxylic acids is 1. The van der Waals surface area contributed by atoms with E-state index in [1.54, 1.807) is 7.11 Å². The van der Waals surface area contributed by atoms with Crippen LogP contribution in [0.5, 0.6) is 5.75 Å². The molecule has 1 amide bonds. The second kappa shape index (κ2) is 11.5. The minimum Gasteiger partial charge on any atom is -0.497 e. The molecule has 0 unspecified atom stereocenters. The number of hydrogen-bond acceptors (Lipinski definition) is 4. The fraction of sp³-hybridized carbons (Fsp3) is 0.519. The highest BCUT2D eigenvalue weighted by Gasteiger charge is 2.24. The van der Waals surface area contributed by atoms with E-state index in [4.69, 9.17) is 4.74 Å². The number of rotatable bonds is 8. The molecular weight excluding hydrogens is 398 g/mol. The zero-order chi connectivity index (χ0) is 22.2. The van der Waals surface area contributed by atoms with E-state index < -0.39 is 0 Å².